The Bertz CT molecular complexity index is 2400. The molecule has 0 atom stereocenters. The molecule has 0 aliphatic rings. The van der Waals surface area contributed by atoms with Crippen LogP contribution in [0.5, 0.6) is 0 Å². The molecule has 0 spiro atoms. The van der Waals surface area contributed by atoms with Crippen LogP contribution < -0.4 is 0 Å². The molecule has 0 saturated heterocycles. The highest BCUT2D eigenvalue weighted by Crippen LogP contribution is 2.25. The molecule has 4 rings (SSSR count). The first-order valence-corrected chi connectivity index (χ1v) is 19.8. The molecule has 0 aliphatic carbocycles. The lowest BCUT2D eigenvalue weighted by molar-refractivity contribution is 0.0472. The van der Waals surface area contributed by atoms with Gasteiger partial charge in [0.2, 0.25) is 0 Å². The Morgan fingerprint density at radius 1 is 0.560 bits per heavy atom. The fraction of sp³-hybridized carbons (Fsp3) is 0.188. The third kappa shape index (κ3) is 11.1. The predicted molar refractivity (Wildman–Crippen MR) is 179 cm³/mol. The van der Waals surface area contributed by atoms with Gasteiger partial charge < -0.3 is 4.74 Å². The zero-order valence-corrected chi connectivity index (χ0v) is 30.4. The van der Waals surface area contributed by atoms with Crippen LogP contribution in [0.3, 0.4) is 0 Å². The molecule has 0 fully saturated rings. The van der Waals surface area contributed by atoms with E-state index < -0.39 is 67.7 Å². The van der Waals surface area contributed by atoms with Crippen molar-refractivity contribution in [3.05, 3.63) is 117 Å². The van der Waals surface area contributed by atoms with Crippen LogP contribution in [0.2, 0.25) is 0 Å². The first-order valence-electron chi connectivity index (χ1n) is 14.1. The van der Waals surface area contributed by atoms with Gasteiger partial charge in [0.15, 0.2) is 0 Å². The van der Waals surface area contributed by atoms with Gasteiger partial charge in [0.05, 0.1) is 25.1 Å². The minimum atomic E-state index is -4.87. The summed E-state index contributed by atoms with van der Waals surface area (Å²) in [6, 6.07) is 15.4. The molecule has 0 aromatic heterocycles. The maximum Gasteiger partial charge on any atom is 0.338 e. The van der Waals surface area contributed by atoms with Gasteiger partial charge in [0.25, 0.3) is 20.2 Å². The number of ether oxygens (including phenoxy) is 1. The molecule has 0 heterocycles. The van der Waals surface area contributed by atoms with Gasteiger partial charge >= 0.3 is 26.2 Å². The van der Waals surface area contributed by atoms with Crippen LogP contribution in [0.1, 0.15) is 54.1 Å². The van der Waals surface area contributed by atoms with Crippen molar-refractivity contribution in [3.63, 3.8) is 0 Å². The van der Waals surface area contributed by atoms with E-state index in [1.165, 1.54) is 51.1 Å². The smallest absolute Gasteiger partial charge is 0.338 e. The number of aryl methyl sites for hydroxylation is 5. The monoisotopic (exact) mass is 768 g/mol. The van der Waals surface area contributed by atoms with E-state index in [9.17, 15) is 47.8 Å². The molecule has 4 aromatic carbocycles. The van der Waals surface area contributed by atoms with E-state index >= 15 is 0 Å². The zero-order valence-electron chi connectivity index (χ0n) is 27.1. The first kappa shape index (κ1) is 40.1. The fourth-order valence-electron chi connectivity index (χ4n) is 4.57. The van der Waals surface area contributed by atoms with Crippen LogP contribution in [0.4, 0.5) is 0 Å². The number of rotatable bonds is 10. The molecular weight excluding hydrogens is 737 g/mol. The van der Waals surface area contributed by atoms with Crippen LogP contribution in [-0.4, -0.2) is 55.0 Å². The second kappa shape index (κ2) is 15.3. The summed E-state index contributed by atoms with van der Waals surface area (Å²) in [5.41, 5.74) is 2.79. The molecule has 0 unspecified atom stereocenters. The van der Waals surface area contributed by atoms with Crippen molar-refractivity contribution >= 4 is 52.7 Å². The van der Waals surface area contributed by atoms with Crippen molar-refractivity contribution < 1.29 is 60.7 Å². The topological polar surface area (TPSA) is 230 Å². The summed E-state index contributed by atoms with van der Waals surface area (Å²) in [6.07, 6.45) is 0.412. The third-order valence-electron chi connectivity index (χ3n) is 6.52. The van der Waals surface area contributed by atoms with Crippen LogP contribution >= 0.6 is 0 Å². The second-order valence-corrected chi connectivity index (χ2v) is 17.4. The van der Waals surface area contributed by atoms with Crippen LogP contribution in [-0.2, 0) is 55.4 Å². The van der Waals surface area contributed by atoms with Crippen LogP contribution in [0, 0.1) is 34.6 Å². The van der Waals surface area contributed by atoms with Crippen molar-refractivity contribution in [2.45, 2.75) is 60.8 Å². The molecule has 50 heavy (non-hydrogen) atoms. The molecule has 0 bridgehead atoms. The average Bonchev–Trinajstić information content (AvgIpc) is 2.97. The third-order valence-corrected chi connectivity index (χ3v) is 11.2. The summed E-state index contributed by atoms with van der Waals surface area (Å²) in [7, 11) is -18.3. The molecule has 0 amide bonds. The summed E-state index contributed by atoms with van der Waals surface area (Å²) < 4.78 is 123. The summed E-state index contributed by atoms with van der Waals surface area (Å²) in [5.74, 6) is -0.950. The number of esters is 1. The largest absolute Gasteiger partial charge is 0.457 e. The minimum absolute atomic E-state index is 0.0153. The van der Waals surface area contributed by atoms with Crippen LogP contribution in [0.15, 0.2) is 92.4 Å². The Kier molecular flexibility index (Phi) is 12.3. The van der Waals surface area contributed by atoms with Gasteiger partial charge in [0.1, 0.15) is 12.9 Å². The number of hydrogen-bond donors (Lipinski definition) is 2. The summed E-state index contributed by atoms with van der Waals surface area (Å²) in [4.78, 5) is 22.0. The number of aldehydes is 1. The minimum Gasteiger partial charge on any atom is -0.457 e. The molecule has 18 heteroatoms. The highest BCUT2D eigenvalue weighted by Gasteiger charge is 2.28. The molecule has 0 aliphatic heterocycles. The molecule has 0 radical (unpaired) electrons. The summed E-state index contributed by atoms with van der Waals surface area (Å²) in [5, 5.41) is 0. The number of carbonyl (C=O) groups is 2. The van der Waals surface area contributed by atoms with Crippen molar-refractivity contribution in [2.24, 2.45) is 0 Å². The van der Waals surface area contributed by atoms with Crippen molar-refractivity contribution in [2.75, 3.05) is 0 Å². The highest BCUT2D eigenvalue weighted by atomic mass is 32.3. The Morgan fingerprint density at radius 2 is 0.980 bits per heavy atom. The lowest BCUT2D eigenvalue weighted by Crippen LogP contribution is -2.15. The van der Waals surface area contributed by atoms with Crippen LogP contribution in [0.25, 0.3) is 0 Å². The highest BCUT2D eigenvalue weighted by molar-refractivity contribution is 8.00. The van der Waals surface area contributed by atoms with Crippen molar-refractivity contribution in [1.29, 1.82) is 0 Å². The van der Waals surface area contributed by atoms with E-state index in [0.717, 1.165) is 47.5 Å². The van der Waals surface area contributed by atoms with E-state index in [4.69, 9.17) is 9.29 Å². The van der Waals surface area contributed by atoms with E-state index in [1.54, 1.807) is 13.8 Å². The molecule has 14 nitrogen and oxygen atoms in total. The van der Waals surface area contributed by atoms with Gasteiger partial charge in [-0.1, -0.05) is 12.1 Å². The van der Waals surface area contributed by atoms with Gasteiger partial charge in [-0.15, -0.1) is 3.63 Å². The molecule has 4 aromatic rings. The second-order valence-electron chi connectivity index (χ2n) is 11.2. The number of benzene rings is 4. The van der Waals surface area contributed by atoms with Gasteiger partial charge in [-0.05, 0) is 129 Å². The van der Waals surface area contributed by atoms with E-state index in [2.05, 4.69) is 3.63 Å². The molecule has 0 saturated carbocycles. The van der Waals surface area contributed by atoms with E-state index in [0.29, 0.717) is 23.0 Å². The fourth-order valence-corrected chi connectivity index (χ4v) is 8.66. The van der Waals surface area contributed by atoms with Gasteiger partial charge in [0, 0.05) is 5.56 Å². The Balaban J connectivity index is 0.000000474. The quantitative estimate of drug-likeness (QED) is 0.127. The maximum atomic E-state index is 12.8. The SMILES string of the molecule is Cc1cc(C(=O)OCc2cc(C)cc(S(=O)(=O)OS(=O)(=O)c3cc(C)cc(C=O)c3)c2)cc(S(=O)(=O)O)c1.Cc1cc(C)cc(S(=O)(=O)O)c1. The van der Waals surface area contributed by atoms with E-state index in [1.807, 2.05) is 6.07 Å². The Labute approximate surface area is 290 Å². The lowest BCUT2D eigenvalue weighted by atomic mass is 10.1. The number of hydrogen-bond acceptors (Lipinski definition) is 12. The lowest BCUT2D eigenvalue weighted by Gasteiger charge is -2.11. The summed E-state index contributed by atoms with van der Waals surface area (Å²) >= 11 is 0. The maximum absolute atomic E-state index is 12.8. The molecular formula is C32H32O14S4. The number of carbonyl (C=O) groups excluding carboxylic acids is 2. The Morgan fingerprint density at radius 3 is 1.48 bits per heavy atom. The predicted octanol–water partition coefficient (Wildman–Crippen LogP) is 4.67. The standard InChI is InChI=1S/C24H22O11S3.C8H10O3S/c1-15-4-18(13-25)10-22(8-15)37(30,31)35-38(32,33)23-9-16(2)5-19(11-23)14-34-24(26)20-6-17(3)7-21(12-20)36(27,28)29;1-6-3-7(2)5-8(4-6)12(9,10)11/h4-13H,14H2,1-3H3,(H,27,28,29);3-5H,1-2H3,(H,9,10,11). The van der Waals surface area contributed by atoms with Gasteiger partial charge in [-0.2, -0.15) is 33.7 Å². The molecule has 268 valence electrons. The zero-order chi connectivity index (χ0) is 37.8. The Hall–Kier alpha value is -4.30. The molecule has 2 N–H and O–H groups in total. The van der Waals surface area contributed by atoms with Gasteiger partial charge in [-0.25, -0.2) is 4.79 Å². The van der Waals surface area contributed by atoms with Crippen molar-refractivity contribution in [3.8, 4) is 0 Å². The van der Waals surface area contributed by atoms with Crippen molar-refractivity contribution in [1.82, 2.24) is 0 Å². The first-order chi connectivity index (χ1) is 22.9. The normalized spacial score (nSPS) is 12.1. The van der Waals surface area contributed by atoms with E-state index in [-0.39, 0.29) is 21.6 Å². The summed E-state index contributed by atoms with van der Waals surface area (Å²) in [6.45, 7) is 7.66. The van der Waals surface area contributed by atoms with Gasteiger partial charge in [-0.3, -0.25) is 13.9 Å². The average molecular weight is 769 g/mol.